The Hall–Kier alpha value is -2.73. The van der Waals surface area contributed by atoms with Crippen molar-refractivity contribution in [3.05, 3.63) is 59.7 Å². The number of hydrogen-bond donors (Lipinski definition) is 0. The van der Waals surface area contributed by atoms with Crippen molar-refractivity contribution < 1.29 is 14.3 Å². The first-order valence-corrected chi connectivity index (χ1v) is 6.71. The Balaban J connectivity index is 1.87. The molecule has 104 valence electrons. The van der Waals surface area contributed by atoms with Crippen molar-refractivity contribution in [2.45, 2.75) is 12.5 Å². The van der Waals surface area contributed by atoms with Crippen LogP contribution in [0.2, 0.25) is 0 Å². The molecule has 0 fully saturated rings. The number of carbonyl (C=O) groups is 1. The van der Waals surface area contributed by atoms with Crippen LogP contribution in [0.3, 0.4) is 0 Å². The molecular formula is C18H14O3. The van der Waals surface area contributed by atoms with Crippen LogP contribution in [0, 0.1) is 11.8 Å². The topological polar surface area (TPSA) is 35.5 Å². The SMILES string of the molecule is COc1cccc2c1C(=O)C[C@H](C#Cc1ccccc1)O2. The van der Waals surface area contributed by atoms with E-state index < -0.39 is 6.10 Å². The van der Waals surface area contributed by atoms with Gasteiger partial charge in [0.05, 0.1) is 13.5 Å². The molecule has 0 saturated carbocycles. The Morgan fingerprint density at radius 3 is 2.71 bits per heavy atom. The highest BCUT2D eigenvalue weighted by Gasteiger charge is 2.28. The van der Waals surface area contributed by atoms with Crippen LogP contribution in [-0.2, 0) is 0 Å². The van der Waals surface area contributed by atoms with Crippen LogP contribution < -0.4 is 9.47 Å². The highest BCUT2D eigenvalue weighted by Crippen LogP contribution is 2.34. The van der Waals surface area contributed by atoms with Crippen LogP contribution in [0.1, 0.15) is 22.3 Å². The van der Waals surface area contributed by atoms with E-state index in [1.165, 1.54) is 0 Å². The molecular weight excluding hydrogens is 264 g/mol. The third kappa shape index (κ3) is 2.75. The van der Waals surface area contributed by atoms with E-state index in [1.54, 1.807) is 25.3 Å². The summed E-state index contributed by atoms with van der Waals surface area (Å²) in [6.07, 6.45) is -0.176. The first-order chi connectivity index (χ1) is 10.3. The fraction of sp³-hybridized carbons (Fsp3) is 0.167. The molecule has 0 radical (unpaired) electrons. The van der Waals surface area contributed by atoms with E-state index in [0.29, 0.717) is 17.1 Å². The van der Waals surface area contributed by atoms with Gasteiger partial charge in [-0.3, -0.25) is 4.79 Å². The lowest BCUT2D eigenvalue weighted by Crippen LogP contribution is -2.26. The van der Waals surface area contributed by atoms with Crippen LogP contribution in [-0.4, -0.2) is 19.0 Å². The normalized spacial score (nSPS) is 16.2. The van der Waals surface area contributed by atoms with Crippen molar-refractivity contribution in [2.75, 3.05) is 7.11 Å². The molecule has 0 unspecified atom stereocenters. The standard InChI is InChI=1S/C18H14O3/c1-20-16-8-5-9-17-18(16)15(19)12-14(21-17)11-10-13-6-3-2-4-7-13/h2-9,14H,12H2,1H3/t14-/m0/s1. The number of carbonyl (C=O) groups excluding carboxylic acids is 1. The Morgan fingerprint density at radius 2 is 1.95 bits per heavy atom. The second kappa shape index (κ2) is 5.72. The summed E-state index contributed by atoms with van der Waals surface area (Å²) in [4.78, 5) is 12.3. The van der Waals surface area contributed by atoms with Crippen LogP contribution in [0.4, 0.5) is 0 Å². The number of hydrogen-bond acceptors (Lipinski definition) is 3. The number of rotatable bonds is 1. The molecule has 0 aromatic heterocycles. The van der Waals surface area contributed by atoms with E-state index in [2.05, 4.69) is 11.8 Å². The molecule has 0 saturated heterocycles. The lowest BCUT2D eigenvalue weighted by atomic mass is 9.99. The molecule has 1 aliphatic heterocycles. The van der Waals surface area contributed by atoms with Gasteiger partial charge in [-0.1, -0.05) is 36.1 Å². The fourth-order valence-electron chi connectivity index (χ4n) is 2.29. The summed E-state index contributed by atoms with van der Waals surface area (Å²) in [5.74, 6) is 7.14. The van der Waals surface area contributed by atoms with E-state index in [-0.39, 0.29) is 12.2 Å². The van der Waals surface area contributed by atoms with Gasteiger partial charge in [-0.25, -0.2) is 0 Å². The van der Waals surface area contributed by atoms with E-state index in [9.17, 15) is 4.79 Å². The quantitative estimate of drug-likeness (QED) is 0.752. The summed E-state index contributed by atoms with van der Waals surface area (Å²) < 4.78 is 11.0. The van der Waals surface area contributed by atoms with Gasteiger partial charge < -0.3 is 9.47 Å². The lowest BCUT2D eigenvalue weighted by molar-refractivity contribution is 0.0895. The highest BCUT2D eigenvalue weighted by atomic mass is 16.5. The number of ketones is 1. The molecule has 1 heterocycles. The van der Waals surface area contributed by atoms with Crippen molar-refractivity contribution in [1.82, 2.24) is 0 Å². The zero-order valence-corrected chi connectivity index (χ0v) is 11.6. The molecule has 0 bridgehead atoms. The predicted molar refractivity (Wildman–Crippen MR) is 79.7 cm³/mol. The summed E-state index contributed by atoms with van der Waals surface area (Å²) in [6.45, 7) is 0. The van der Waals surface area contributed by atoms with E-state index in [0.717, 1.165) is 5.56 Å². The smallest absolute Gasteiger partial charge is 0.175 e. The summed E-state index contributed by atoms with van der Waals surface area (Å²) in [5.41, 5.74) is 1.42. The fourth-order valence-corrected chi connectivity index (χ4v) is 2.29. The number of benzene rings is 2. The molecule has 0 aliphatic carbocycles. The van der Waals surface area contributed by atoms with Crippen LogP contribution in [0.15, 0.2) is 48.5 Å². The molecule has 3 nitrogen and oxygen atoms in total. The Labute approximate surface area is 123 Å². The molecule has 1 atom stereocenters. The highest BCUT2D eigenvalue weighted by molar-refractivity contribution is 6.02. The molecule has 0 amide bonds. The van der Waals surface area contributed by atoms with Crippen molar-refractivity contribution in [3.8, 4) is 23.3 Å². The minimum atomic E-state index is -0.419. The summed E-state index contributed by atoms with van der Waals surface area (Å²) >= 11 is 0. The van der Waals surface area contributed by atoms with Gasteiger partial charge in [-0.15, -0.1) is 0 Å². The van der Waals surface area contributed by atoms with Gasteiger partial charge in [-0.05, 0) is 24.3 Å². The molecule has 2 aromatic carbocycles. The van der Waals surface area contributed by atoms with Gasteiger partial charge in [0.15, 0.2) is 11.9 Å². The van der Waals surface area contributed by atoms with Gasteiger partial charge in [0, 0.05) is 5.56 Å². The number of fused-ring (bicyclic) bond motifs is 1. The van der Waals surface area contributed by atoms with Crippen LogP contribution >= 0.6 is 0 Å². The first-order valence-electron chi connectivity index (χ1n) is 6.71. The Morgan fingerprint density at radius 1 is 1.14 bits per heavy atom. The van der Waals surface area contributed by atoms with E-state index >= 15 is 0 Å². The van der Waals surface area contributed by atoms with E-state index in [4.69, 9.17) is 9.47 Å². The molecule has 0 N–H and O–H groups in total. The van der Waals surface area contributed by atoms with E-state index in [1.807, 2.05) is 30.3 Å². The minimum absolute atomic E-state index is 0.000983. The van der Waals surface area contributed by atoms with Gasteiger partial charge in [0.25, 0.3) is 0 Å². The molecule has 3 rings (SSSR count). The zero-order valence-electron chi connectivity index (χ0n) is 11.6. The third-order valence-corrected chi connectivity index (χ3v) is 3.28. The zero-order chi connectivity index (χ0) is 14.7. The maximum atomic E-state index is 12.3. The summed E-state index contributed by atoms with van der Waals surface area (Å²) in [7, 11) is 1.55. The molecule has 0 spiro atoms. The van der Waals surface area contributed by atoms with Gasteiger partial charge in [0.2, 0.25) is 0 Å². The maximum absolute atomic E-state index is 12.3. The van der Waals surface area contributed by atoms with Gasteiger partial charge in [0.1, 0.15) is 17.1 Å². The van der Waals surface area contributed by atoms with Crippen molar-refractivity contribution in [2.24, 2.45) is 0 Å². The first kappa shape index (κ1) is 13.3. The Kier molecular flexibility index (Phi) is 3.61. The lowest BCUT2D eigenvalue weighted by Gasteiger charge is -2.22. The average molecular weight is 278 g/mol. The monoisotopic (exact) mass is 278 g/mol. The van der Waals surface area contributed by atoms with Gasteiger partial charge in [-0.2, -0.15) is 0 Å². The molecule has 2 aromatic rings. The van der Waals surface area contributed by atoms with Crippen LogP contribution in [0.25, 0.3) is 0 Å². The van der Waals surface area contributed by atoms with Crippen molar-refractivity contribution >= 4 is 5.78 Å². The molecule has 3 heteroatoms. The van der Waals surface area contributed by atoms with Crippen LogP contribution in [0.5, 0.6) is 11.5 Å². The summed E-state index contributed by atoms with van der Waals surface area (Å²) in [6, 6.07) is 15.0. The second-order valence-corrected chi connectivity index (χ2v) is 4.70. The number of Topliss-reactive ketones (excluding diaryl/α,β-unsaturated/α-hetero) is 1. The Bertz CT molecular complexity index is 723. The van der Waals surface area contributed by atoms with Crippen molar-refractivity contribution in [1.29, 1.82) is 0 Å². The third-order valence-electron chi connectivity index (χ3n) is 3.28. The maximum Gasteiger partial charge on any atom is 0.175 e. The summed E-state index contributed by atoms with van der Waals surface area (Å²) in [5, 5.41) is 0. The molecule has 1 aliphatic rings. The largest absolute Gasteiger partial charge is 0.496 e. The second-order valence-electron chi connectivity index (χ2n) is 4.70. The van der Waals surface area contributed by atoms with Gasteiger partial charge >= 0.3 is 0 Å². The average Bonchev–Trinajstić information content (AvgIpc) is 2.53. The number of ether oxygens (including phenoxy) is 2. The number of methoxy groups -OCH3 is 1. The molecule has 21 heavy (non-hydrogen) atoms. The predicted octanol–water partition coefficient (Wildman–Crippen LogP) is 3.08. The van der Waals surface area contributed by atoms with Crippen molar-refractivity contribution in [3.63, 3.8) is 0 Å². The minimum Gasteiger partial charge on any atom is -0.496 e.